The molecular weight excluding hydrogens is 390 g/mol. The Labute approximate surface area is 181 Å². The minimum absolute atomic E-state index is 0.0123. The largest absolute Gasteiger partial charge is 0.476 e. The molecule has 0 bridgehead atoms. The number of anilines is 1. The van der Waals surface area contributed by atoms with Crippen molar-refractivity contribution in [3.63, 3.8) is 0 Å². The van der Waals surface area contributed by atoms with Crippen molar-refractivity contribution in [1.82, 2.24) is 29.5 Å². The minimum Gasteiger partial charge on any atom is -0.476 e. The fraction of sp³-hybridized carbons (Fsp3) is 0.435. The van der Waals surface area contributed by atoms with Gasteiger partial charge >= 0.3 is 0 Å². The van der Waals surface area contributed by atoms with Gasteiger partial charge in [-0.1, -0.05) is 20.8 Å². The molecule has 4 aromatic rings. The summed E-state index contributed by atoms with van der Waals surface area (Å²) in [5, 5.41) is 5.64. The number of fused-ring (bicyclic) bond motifs is 2. The average Bonchev–Trinajstić information content (AvgIpc) is 3.38. The summed E-state index contributed by atoms with van der Waals surface area (Å²) < 4.78 is 7.87. The van der Waals surface area contributed by atoms with Crippen LogP contribution in [0.5, 0.6) is 5.88 Å². The Hall–Kier alpha value is -3.29. The Morgan fingerprint density at radius 2 is 2.00 bits per heavy atom. The molecule has 5 heterocycles. The third kappa shape index (κ3) is 3.89. The van der Waals surface area contributed by atoms with Crippen molar-refractivity contribution in [2.45, 2.75) is 39.5 Å². The highest BCUT2D eigenvalue weighted by atomic mass is 16.5. The highest BCUT2D eigenvalue weighted by Crippen LogP contribution is 2.29. The number of aryl methyl sites for hydroxylation is 1. The summed E-state index contributed by atoms with van der Waals surface area (Å²) in [6.45, 7) is 10.8. The van der Waals surface area contributed by atoms with Gasteiger partial charge in [-0.2, -0.15) is 0 Å². The topological polar surface area (TPSA) is 81.3 Å². The number of ether oxygens (including phenoxy) is 1. The highest BCUT2D eigenvalue weighted by molar-refractivity contribution is 5.88. The van der Waals surface area contributed by atoms with Crippen molar-refractivity contribution < 1.29 is 4.74 Å². The average molecular weight is 418 g/mol. The zero-order valence-electron chi connectivity index (χ0n) is 18.4. The molecule has 8 heteroatoms. The summed E-state index contributed by atoms with van der Waals surface area (Å²) in [5.74, 6) is 2.79. The summed E-state index contributed by atoms with van der Waals surface area (Å²) in [6.07, 6.45) is 6.63. The molecule has 0 saturated carbocycles. The van der Waals surface area contributed by atoms with Crippen molar-refractivity contribution >= 4 is 22.4 Å². The Morgan fingerprint density at radius 3 is 2.84 bits per heavy atom. The first kappa shape index (κ1) is 19.7. The van der Waals surface area contributed by atoms with Crippen molar-refractivity contribution in [1.29, 1.82) is 0 Å². The van der Waals surface area contributed by atoms with Crippen LogP contribution in [-0.2, 0) is 5.41 Å². The van der Waals surface area contributed by atoms with Gasteiger partial charge in [0.15, 0.2) is 5.65 Å². The van der Waals surface area contributed by atoms with Crippen LogP contribution in [0.15, 0.2) is 36.8 Å². The first-order valence-corrected chi connectivity index (χ1v) is 10.7. The molecule has 0 amide bonds. The molecule has 5 rings (SSSR count). The third-order valence-corrected chi connectivity index (χ3v) is 5.71. The molecule has 1 atom stereocenters. The second-order valence-corrected chi connectivity index (χ2v) is 9.25. The van der Waals surface area contributed by atoms with Crippen LogP contribution in [0, 0.1) is 12.8 Å². The first-order valence-electron chi connectivity index (χ1n) is 10.7. The van der Waals surface area contributed by atoms with Gasteiger partial charge in [-0.25, -0.2) is 19.5 Å². The molecule has 1 saturated heterocycles. The fourth-order valence-corrected chi connectivity index (χ4v) is 3.99. The lowest BCUT2D eigenvalue weighted by atomic mass is 9.93. The van der Waals surface area contributed by atoms with Crippen LogP contribution in [0.4, 0.5) is 5.82 Å². The number of pyridine rings is 1. The van der Waals surface area contributed by atoms with Crippen molar-refractivity contribution in [2.24, 2.45) is 5.92 Å². The van der Waals surface area contributed by atoms with Crippen molar-refractivity contribution in [3.05, 3.63) is 48.3 Å². The van der Waals surface area contributed by atoms with Gasteiger partial charge in [-0.15, -0.1) is 5.10 Å². The maximum atomic E-state index is 6.06. The molecule has 0 aliphatic carbocycles. The van der Waals surface area contributed by atoms with E-state index in [1.807, 2.05) is 31.3 Å². The first-order chi connectivity index (χ1) is 14.9. The van der Waals surface area contributed by atoms with Gasteiger partial charge in [-0.05, 0) is 25.5 Å². The van der Waals surface area contributed by atoms with E-state index >= 15 is 0 Å². The second-order valence-electron chi connectivity index (χ2n) is 9.25. The number of nitrogens with zero attached hydrogens (tertiary/aromatic N) is 7. The highest BCUT2D eigenvalue weighted by Gasteiger charge is 2.26. The summed E-state index contributed by atoms with van der Waals surface area (Å²) in [6, 6.07) is 5.85. The van der Waals surface area contributed by atoms with Gasteiger partial charge in [0.05, 0.1) is 30.2 Å². The third-order valence-electron chi connectivity index (χ3n) is 5.71. The molecule has 1 aliphatic heterocycles. The zero-order chi connectivity index (χ0) is 21.6. The lowest BCUT2D eigenvalue weighted by Gasteiger charge is -2.19. The van der Waals surface area contributed by atoms with E-state index in [0.717, 1.165) is 53.4 Å². The van der Waals surface area contributed by atoms with Gasteiger partial charge in [0.2, 0.25) is 5.88 Å². The standard InChI is InChI=1S/C23H27N7O/c1-15-25-18-11-24-9-7-17(18)22(26-15)29-10-8-16(12-29)14-31-21-6-5-20-27-19(23(2,3)4)13-30(20)28-21/h5-7,9,11,13,16H,8,10,12,14H2,1-4H3. The minimum atomic E-state index is -0.0123. The van der Waals surface area contributed by atoms with Gasteiger partial charge in [0.25, 0.3) is 0 Å². The smallest absolute Gasteiger partial charge is 0.231 e. The van der Waals surface area contributed by atoms with Gasteiger partial charge in [-0.3, -0.25) is 4.98 Å². The van der Waals surface area contributed by atoms with Gasteiger partial charge < -0.3 is 9.64 Å². The molecule has 31 heavy (non-hydrogen) atoms. The van der Waals surface area contributed by atoms with Gasteiger partial charge in [0, 0.05) is 42.1 Å². The molecule has 0 spiro atoms. The Kier molecular flexibility index (Phi) is 4.72. The molecule has 160 valence electrons. The Bertz CT molecular complexity index is 1240. The van der Waals surface area contributed by atoms with E-state index in [2.05, 4.69) is 45.7 Å². The number of imidazole rings is 1. The summed E-state index contributed by atoms with van der Waals surface area (Å²) in [5.41, 5.74) is 2.73. The number of hydrogen-bond donors (Lipinski definition) is 0. The second kappa shape index (κ2) is 7.44. The van der Waals surface area contributed by atoms with E-state index in [-0.39, 0.29) is 5.41 Å². The van der Waals surface area contributed by atoms with E-state index in [1.54, 1.807) is 16.9 Å². The lowest BCUT2D eigenvalue weighted by Crippen LogP contribution is -2.23. The van der Waals surface area contributed by atoms with Crippen LogP contribution in [0.25, 0.3) is 16.6 Å². The molecule has 0 radical (unpaired) electrons. The monoisotopic (exact) mass is 417 g/mol. The van der Waals surface area contributed by atoms with E-state index in [4.69, 9.17) is 9.72 Å². The normalized spacial score (nSPS) is 17.0. The number of rotatable bonds is 4. The predicted octanol–water partition coefficient (Wildman–Crippen LogP) is 3.58. The predicted molar refractivity (Wildman–Crippen MR) is 120 cm³/mol. The maximum Gasteiger partial charge on any atom is 0.231 e. The SMILES string of the molecule is Cc1nc(N2CCC(COc3ccc4nc(C(C)(C)C)cn4n3)C2)c2ccncc2n1. The molecule has 8 nitrogen and oxygen atoms in total. The van der Waals surface area contributed by atoms with Crippen LogP contribution in [0.3, 0.4) is 0 Å². The fourth-order valence-electron chi connectivity index (χ4n) is 3.99. The van der Waals surface area contributed by atoms with E-state index in [1.165, 1.54) is 0 Å². The number of aromatic nitrogens is 6. The number of hydrogen-bond acceptors (Lipinski definition) is 7. The molecule has 0 N–H and O–H groups in total. The van der Waals surface area contributed by atoms with E-state index in [9.17, 15) is 0 Å². The maximum absolute atomic E-state index is 6.06. The van der Waals surface area contributed by atoms with E-state index < -0.39 is 0 Å². The summed E-state index contributed by atoms with van der Waals surface area (Å²) in [4.78, 5) is 20.4. The summed E-state index contributed by atoms with van der Waals surface area (Å²) >= 11 is 0. The van der Waals surface area contributed by atoms with Gasteiger partial charge in [0.1, 0.15) is 11.6 Å². The van der Waals surface area contributed by atoms with Crippen LogP contribution >= 0.6 is 0 Å². The van der Waals surface area contributed by atoms with Crippen molar-refractivity contribution in [2.75, 3.05) is 24.6 Å². The molecule has 1 fully saturated rings. The molecule has 4 aromatic heterocycles. The van der Waals surface area contributed by atoms with Crippen LogP contribution < -0.4 is 9.64 Å². The van der Waals surface area contributed by atoms with Crippen LogP contribution in [0.2, 0.25) is 0 Å². The molecule has 0 aromatic carbocycles. The lowest BCUT2D eigenvalue weighted by molar-refractivity contribution is 0.249. The molecule has 1 aliphatic rings. The van der Waals surface area contributed by atoms with E-state index in [0.29, 0.717) is 18.4 Å². The Morgan fingerprint density at radius 1 is 1.13 bits per heavy atom. The quantitative estimate of drug-likeness (QED) is 0.502. The van der Waals surface area contributed by atoms with Crippen LogP contribution in [0.1, 0.15) is 38.7 Å². The zero-order valence-corrected chi connectivity index (χ0v) is 18.4. The summed E-state index contributed by atoms with van der Waals surface area (Å²) in [7, 11) is 0. The van der Waals surface area contributed by atoms with Crippen LogP contribution in [-0.4, -0.2) is 49.2 Å². The van der Waals surface area contributed by atoms with Crippen molar-refractivity contribution in [3.8, 4) is 5.88 Å². The molecule has 1 unspecified atom stereocenters. The molecular formula is C23H27N7O. The Balaban J connectivity index is 1.28.